The molecule has 0 amide bonds. The highest BCUT2D eigenvalue weighted by atomic mass is 16.4. The molecule has 0 spiro atoms. The van der Waals surface area contributed by atoms with Crippen molar-refractivity contribution in [3.8, 4) is 0 Å². The summed E-state index contributed by atoms with van der Waals surface area (Å²) in [6, 6.07) is 0. The van der Waals surface area contributed by atoms with Gasteiger partial charge in [0.25, 0.3) is 0 Å². The lowest BCUT2D eigenvalue weighted by molar-refractivity contribution is -0.189. The predicted molar refractivity (Wildman–Crippen MR) is 80.3 cm³/mol. The van der Waals surface area contributed by atoms with E-state index in [1.807, 2.05) is 0 Å². The molecule has 0 aromatic carbocycles. The molecule has 7 N–H and O–H groups in total. The molecular weight excluding hydrogens is 392 g/mol. The van der Waals surface area contributed by atoms with E-state index in [4.69, 9.17) is 20.4 Å². The summed E-state index contributed by atoms with van der Waals surface area (Å²) in [6.07, 6.45) is -6.89. The van der Waals surface area contributed by atoms with Gasteiger partial charge in [0.2, 0.25) is 0 Å². The molecule has 0 aromatic heterocycles. The molecule has 0 fully saturated rings. The van der Waals surface area contributed by atoms with Crippen LogP contribution in [0.3, 0.4) is 0 Å². The van der Waals surface area contributed by atoms with Crippen LogP contribution in [0.5, 0.6) is 0 Å². The summed E-state index contributed by atoms with van der Waals surface area (Å²) >= 11 is 0. The summed E-state index contributed by atoms with van der Waals surface area (Å²) in [7, 11) is 0. The fraction of sp³-hybridized carbons (Fsp3) is 0.500. The van der Waals surface area contributed by atoms with Crippen LogP contribution in [-0.4, -0.2) is 77.5 Å². The maximum absolute atomic E-state index is 11.8. The number of carbonyl (C=O) groups is 7. The molecular formula is C14H16O14. The molecule has 0 heterocycles. The Labute approximate surface area is 154 Å². The molecule has 0 rings (SSSR count). The molecule has 0 aliphatic rings. The second-order valence-electron chi connectivity index (χ2n) is 5.98. The van der Waals surface area contributed by atoms with Gasteiger partial charge in [-0.05, 0) is 0 Å². The number of rotatable bonds is 13. The largest absolute Gasteiger partial charge is 0.481 e. The highest BCUT2D eigenvalue weighted by molar-refractivity contribution is 5.97. The summed E-state index contributed by atoms with van der Waals surface area (Å²) in [4.78, 5) is 80.0. The number of hydrogen-bond donors (Lipinski definition) is 7. The molecule has 14 nitrogen and oxygen atoms in total. The van der Waals surface area contributed by atoms with Crippen LogP contribution < -0.4 is 0 Å². The van der Waals surface area contributed by atoms with Crippen LogP contribution in [0.25, 0.3) is 0 Å². The lowest BCUT2D eigenvalue weighted by atomic mass is 9.56. The zero-order valence-electron chi connectivity index (χ0n) is 13.9. The highest BCUT2D eigenvalue weighted by Gasteiger charge is 2.65. The number of hydrogen-bond acceptors (Lipinski definition) is 7. The first kappa shape index (κ1) is 24.3. The van der Waals surface area contributed by atoms with Crippen molar-refractivity contribution in [2.45, 2.75) is 25.7 Å². The molecule has 0 saturated carbocycles. The maximum atomic E-state index is 11.8. The summed E-state index contributed by atoms with van der Waals surface area (Å²) < 4.78 is 0. The predicted octanol–water partition coefficient (Wildman–Crippen LogP) is -1.27. The molecule has 28 heavy (non-hydrogen) atoms. The van der Waals surface area contributed by atoms with Crippen LogP contribution in [0.2, 0.25) is 0 Å². The van der Waals surface area contributed by atoms with Gasteiger partial charge in [-0.3, -0.25) is 33.6 Å². The van der Waals surface area contributed by atoms with Crippen LogP contribution in [-0.2, 0) is 33.6 Å². The molecule has 0 saturated heterocycles. The standard InChI is InChI=1S/C14H16O14/c15-5(16)1-13(11(25)26,2-6(17)18)9(10(23)24)14(12(27)28,3-7(19)20)4-8(21)22/h9H,1-4H2,(H,15,16)(H,17,18)(H,19,20)(H,21,22)(H,23,24)(H,25,26)(H,27,28). The molecule has 0 aromatic rings. The number of aliphatic carboxylic acids is 7. The van der Waals surface area contributed by atoms with E-state index >= 15 is 0 Å². The van der Waals surface area contributed by atoms with Gasteiger partial charge in [0, 0.05) is 0 Å². The molecule has 14 heteroatoms. The Balaban J connectivity index is 7.23. The quantitative estimate of drug-likeness (QED) is 0.187. The Bertz CT molecular complexity index is 634. The topological polar surface area (TPSA) is 261 Å². The zero-order chi connectivity index (χ0) is 22.4. The van der Waals surface area contributed by atoms with Crippen LogP contribution in [0, 0.1) is 16.7 Å². The van der Waals surface area contributed by atoms with Crippen molar-refractivity contribution in [3.05, 3.63) is 0 Å². The molecule has 0 radical (unpaired) electrons. The maximum Gasteiger partial charge on any atom is 0.311 e. The van der Waals surface area contributed by atoms with Crippen LogP contribution >= 0.6 is 0 Å². The summed E-state index contributed by atoms with van der Waals surface area (Å²) in [5.41, 5.74) is -6.74. The minimum Gasteiger partial charge on any atom is -0.481 e. The van der Waals surface area contributed by atoms with Crippen LogP contribution in [0.15, 0.2) is 0 Å². The minimum atomic E-state index is -3.37. The van der Waals surface area contributed by atoms with Gasteiger partial charge in [-0.1, -0.05) is 0 Å². The smallest absolute Gasteiger partial charge is 0.311 e. The van der Waals surface area contributed by atoms with Crippen molar-refractivity contribution in [3.63, 3.8) is 0 Å². The highest BCUT2D eigenvalue weighted by Crippen LogP contribution is 2.50. The third-order valence-electron chi connectivity index (χ3n) is 4.07. The van der Waals surface area contributed by atoms with Crippen molar-refractivity contribution >= 4 is 41.8 Å². The number of carboxylic acids is 7. The Morgan fingerprint density at radius 3 is 0.821 bits per heavy atom. The fourth-order valence-corrected chi connectivity index (χ4v) is 3.16. The Hall–Kier alpha value is -3.71. The van der Waals surface area contributed by atoms with Crippen molar-refractivity contribution in [2.75, 3.05) is 0 Å². The Morgan fingerprint density at radius 2 is 0.714 bits per heavy atom. The first-order valence-electron chi connectivity index (χ1n) is 7.19. The van der Waals surface area contributed by atoms with Gasteiger partial charge in [0.1, 0.15) is 10.8 Å². The molecule has 0 unspecified atom stereocenters. The first-order chi connectivity index (χ1) is 12.6. The van der Waals surface area contributed by atoms with Gasteiger partial charge in [-0.2, -0.15) is 0 Å². The SMILES string of the molecule is O=C(O)CC(CC(=O)O)(C(=O)O)C(C(=O)O)C(CC(=O)O)(CC(=O)O)C(=O)O. The van der Waals surface area contributed by atoms with Gasteiger partial charge in [-0.15, -0.1) is 0 Å². The zero-order valence-corrected chi connectivity index (χ0v) is 13.9. The monoisotopic (exact) mass is 408 g/mol. The fourth-order valence-electron chi connectivity index (χ4n) is 3.16. The van der Waals surface area contributed by atoms with Crippen molar-refractivity contribution in [1.82, 2.24) is 0 Å². The van der Waals surface area contributed by atoms with Gasteiger partial charge in [0.15, 0.2) is 0 Å². The Kier molecular flexibility index (Phi) is 7.62. The minimum absolute atomic E-state index is 1.72. The Morgan fingerprint density at radius 1 is 0.500 bits per heavy atom. The first-order valence-corrected chi connectivity index (χ1v) is 7.19. The summed E-state index contributed by atoms with van der Waals surface area (Å²) in [6.45, 7) is 0. The lowest BCUT2D eigenvalue weighted by Crippen LogP contribution is -2.57. The van der Waals surface area contributed by atoms with E-state index in [-0.39, 0.29) is 0 Å². The number of carboxylic acid groups (broad SMARTS) is 7. The van der Waals surface area contributed by atoms with E-state index < -0.39 is 84.2 Å². The van der Waals surface area contributed by atoms with E-state index in [9.17, 15) is 48.9 Å². The second kappa shape index (κ2) is 8.79. The van der Waals surface area contributed by atoms with Crippen LogP contribution in [0.1, 0.15) is 25.7 Å². The van der Waals surface area contributed by atoms with Crippen molar-refractivity contribution < 1.29 is 69.3 Å². The summed E-state index contributed by atoms with van der Waals surface area (Å²) in [5, 5.41) is 64.4. The van der Waals surface area contributed by atoms with E-state index in [0.717, 1.165) is 0 Å². The van der Waals surface area contributed by atoms with Gasteiger partial charge < -0.3 is 35.7 Å². The van der Waals surface area contributed by atoms with Crippen molar-refractivity contribution in [2.24, 2.45) is 16.7 Å². The molecule has 0 aliphatic heterocycles. The average molecular weight is 408 g/mol. The lowest BCUT2D eigenvalue weighted by Gasteiger charge is -2.41. The van der Waals surface area contributed by atoms with E-state index in [0.29, 0.717) is 0 Å². The molecule has 156 valence electrons. The average Bonchev–Trinajstić information content (AvgIpc) is 2.42. The summed E-state index contributed by atoms with van der Waals surface area (Å²) in [5.74, 6) is -18.2. The van der Waals surface area contributed by atoms with E-state index in [2.05, 4.69) is 0 Å². The second-order valence-corrected chi connectivity index (χ2v) is 5.98. The van der Waals surface area contributed by atoms with Gasteiger partial charge >= 0.3 is 41.8 Å². The van der Waals surface area contributed by atoms with Crippen molar-refractivity contribution in [1.29, 1.82) is 0 Å². The molecule has 0 atom stereocenters. The molecule has 0 aliphatic carbocycles. The normalized spacial score (nSPS) is 11.6. The van der Waals surface area contributed by atoms with E-state index in [1.54, 1.807) is 0 Å². The molecule has 0 bridgehead atoms. The third kappa shape index (κ3) is 5.15. The van der Waals surface area contributed by atoms with Crippen LogP contribution in [0.4, 0.5) is 0 Å². The van der Waals surface area contributed by atoms with Gasteiger partial charge in [0.05, 0.1) is 31.6 Å². The van der Waals surface area contributed by atoms with Gasteiger partial charge in [-0.25, -0.2) is 0 Å². The third-order valence-corrected chi connectivity index (χ3v) is 4.07. The van der Waals surface area contributed by atoms with E-state index in [1.165, 1.54) is 0 Å².